The molecule has 0 radical (unpaired) electrons. The Morgan fingerprint density at radius 3 is 2.56 bits per heavy atom. The maximum absolute atomic E-state index is 11.3. The summed E-state index contributed by atoms with van der Waals surface area (Å²) in [7, 11) is 0. The van der Waals surface area contributed by atoms with Gasteiger partial charge in [-0.3, -0.25) is 4.79 Å². The van der Waals surface area contributed by atoms with Crippen LogP contribution < -0.4 is 0 Å². The molecule has 180 valence electrons. The highest BCUT2D eigenvalue weighted by Gasteiger charge is 2.59. The Balaban J connectivity index is 1.26. The summed E-state index contributed by atoms with van der Waals surface area (Å²) in [5, 5.41) is 19.6. The zero-order valence-corrected chi connectivity index (χ0v) is 20.6. The number of rotatable bonds is 4. The lowest BCUT2D eigenvalue weighted by atomic mass is 9.47. The van der Waals surface area contributed by atoms with Crippen LogP contribution in [0.2, 0.25) is 0 Å². The molecule has 5 aliphatic rings. The number of nitrogens with zero attached hydrogens (tertiary/aromatic N) is 1. The van der Waals surface area contributed by atoms with Crippen LogP contribution in [0.25, 0.3) is 0 Å². The zero-order valence-electron chi connectivity index (χ0n) is 20.6. The molecule has 4 nitrogen and oxygen atoms in total. The van der Waals surface area contributed by atoms with Crippen LogP contribution >= 0.6 is 0 Å². The highest BCUT2D eigenvalue weighted by atomic mass is 16.4. The van der Waals surface area contributed by atoms with Gasteiger partial charge in [-0.2, -0.15) is 0 Å². The SMILES string of the molecule is C[C@H](CN1CCC(C(=O)O)CC1)[C@H]1CC[C@H]2[C@@H]3CC=C4C[C@@H](O)CC[C@]4(C)[C@H]3CC[C@]12C. The smallest absolute Gasteiger partial charge is 0.306 e. The molecule has 0 aromatic carbocycles. The number of piperidine rings is 1. The number of aliphatic hydroxyl groups excluding tert-OH is 1. The van der Waals surface area contributed by atoms with Gasteiger partial charge in [-0.15, -0.1) is 0 Å². The number of aliphatic hydroxyl groups is 1. The van der Waals surface area contributed by atoms with Gasteiger partial charge in [0.2, 0.25) is 0 Å². The van der Waals surface area contributed by atoms with E-state index in [1.165, 1.54) is 38.5 Å². The second-order valence-corrected chi connectivity index (χ2v) is 12.8. The van der Waals surface area contributed by atoms with Crippen LogP contribution in [0, 0.1) is 46.3 Å². The Labute approximate surface area is 194 Å². The third-order valence-corrected chi connectivity index (χ3v) is 11.3. The van der Waals surface area contributed by atoms with E-state index in [1.807, 2.05) is 0 Å². The Kier molecular flexibility index (Phi) is 6.02. The van der Waals surface area contributed by atoms with Crippen molar-refractivity contribution in [1.82, 2.24) is 4.90 Å². The number of carbonyl (C=O) groups is 1. The number of fused-ring (bicyclic) bond motifs is 5. The topological polar surface area (TPSA) is 60.8 Å². The van der Waals surface area contributed by atoms with E-state index in [0.717, 1.165) is 69.0 Å². The van der Waals surface area contributed by atoms with Crippen LogP contribution in [0.1, 0.15) is 85.0 Å². The van der Waals surface area contributed by atoms with Crippen molar-refractivity contribution in [3.63, 3.8) is 0 Å². The standard InChI is InChI=1S/C28H45NO3/c1-18(17-29-14-10-19(11-15-29)26(31)32)23-6-7-24-22-5-4-20-16-21(30)8-12-27(20,2)25(22)9-13-28(23,24)3/h4,18-19,21-25,30H,5-17H2,1-3H3,(H,31,32)/t18-,21+,22+,23-,24+,25+,27+,28-/m1/s1. The van der Waals surface area contributed by atoms with Gasteiger partial charge in [-0.1, -0.05) is 32.4 Å². The van der Waals surface area contributed by atoms with E-state index in [9.17, 15) is 15.0 Å². The fraction of sp³-hybridized carbons (Fsp3) is 0.893. The Hall–Kier alpha value is -0.870. The second kappa shape index (κ2) is 8.41. The fourth-order valence-electron chi connectivity index (χ4n) is 9.51. The highest BCUT2D eigenvalue weighted by molar-refractivity contribution is 5.70. The van der Waals surface area contributed by atoms with Crippen molar-refractivity contribution in [2.24, 2.45) is 46.3 Å². The summed E-state index contributed by atoms with van der Waals surface area (Å²) in [5.41, 5.74) is 2.38. The van der Waals surface area contributed by atoms with Gasteiger partial charge in [-0.25, -0.2) is 0 Å². The summed E-state index contributed by atoms with van der Waals surface area (Å²) in [6, 6.07) is 0. The van der Waals surface area contributed by atoms with Gasteiger partial charge in [-0.05, 0) is 118 Å². The molecule has 0 aromatic rings. The number of hydrogen-bond acceptors (Lipinski definition) is 3. The first-order valence-electron chi connectivity index (χ1n) is 13.5. The van der Waals surface area contributed by atoms with E-state index >= 15 is 0 Å². The van der Waals surface area contributed by atoms with Crippen molar-refractivity contribution < 1.29 is 15.0 Å². The van der Waals surface area contributed by atoms with Gasteiger partial charge in [0.25, 0.3) is 0 Å². The molecular weight excluding hydrogens is 398 g/mol. The van der Waals surface area contributed by atoms with Crippen LogP contribution in [0.15, 0.2) is 11.6 Å². The van der Waals surface area contributed by atoms with Gasteiger partial charge >= 0.3 is 5.97 Å². The minimum Gasteiger partial charge on any atom is -0.481 e. The Morgan fingerprint density at radius 1 is 1.09 bits per heavy atom. The molecule has 0 aromatic heterocycles. The molecule has 5 rings (SSSR count). The van der Waals surface area contributed by atoms with Crippen molar-refractivity contribution in [3.05, 3.63) is 11.6 Å². The quantitative estimate of drug-likeness (QED) is 0.574. The molecule has 8 atom stereocenters. The summed E-state index contributed by atoms with van der Waals surface area (Å²) >= 11 is 0. The van der Waals surface area contributed by atoms with E-state index in [0.29, 0.717) is 16.7 Å². The van der Waals surface area contributed by atoms with Crippen LogP contribution in [-0.2, 0) is 4.79 Å². The lowest BCUT2D eigenvalue weighted by Crippen LogP contribution is -2.51. The minimum atomic E-state index is -0.605. The first-order valence-corrected chi connectivity index (χ1v) is 13.5. The van der Waals surface area contributed by atoms with Crippen molar-refractivity contribution >= 4 is 5.97 Å². The number of carboxylic acids is 1. The lowest BCUT2D eigenvalue weighted by molar-refractivity contribution is -0.143. The van der Waals surface area contributed by atoms with Gasteiger partial charge in [0.15, 0.2) is 0 Å². The van der Waals surface area contributed by atoms with E-state index in [-0.39, 0.29) is 12.0 Å². The van der Waals surface area contributed by atoms with E-state index in [2.05, 4.69) is 31.7 Å². The molecule has 4 aliphatic carbocycles. The van der Waals surface area contributed by atoms with Crippen molar-refractivity contribution in [1.29, 1.82) is 0 Å². The Morgan fingerprint density at radius 2 is 1.84 bits per heavy atom. The summed E-state index contributed by atoms with van der Waals surface area (Å²) in [6.45, 7) is 10.7. The minimum absolute atomic E-state index is 0.114. The van der Waals surface area contributed by atoms with Crippen molar-refractivity contribution in [2.75, 3.05) is 19.6 Å². The predicted molar refractivity (Wildman–Crippen MR) is 127 cm³/mol. The number of hydrogen-bond donors (Lipinski definition) is 2. The van der Waals surface area contributed by atoms with Gasteiger partial charge in [0.1, 0.15) is 0 Å². The normalized spacial score (nSPS) is 46.0. The Bertz CT molecular complexity index is 756. The summed E-state index contributed by atoms with van der Waals surface area (Å²) in [5.74, 6) is 3.27. The molecule has 4 fully saturated rings. The molecular formula is C28H45NO3. The number of likely N-dealkylation sites (tertiary alicyclic amines) is 1. The van der Waals surface area contributed by atoms with Gasteiger partial charge in [0, 0.05) is 6.54 Å². The molecule has 0 unspecified atom stereocenters. The monoisotopic (exact) mass is 443 g/mol. The summed E-state index contributed by atoms with van der Waals surface area (Å²) in [6.07, 6.45) is 13.9. The molecule has 32 heavy (non-hydrogen) atoms. The van der Waals surface area contributed by atoms with E-state index < -0.39 is 5.97 Å². The largest absolute Gasteiger partial charge is 0.481 e. The van der Waals surface area contributed by atoms with Crippen LogP contribution in [0.4, 0.5) is 0 Å². The highest BCUT2D eigenvalue weighted by Crippen LogP contribution is 2.67. The average Bonchev–Trinajstić information content (AvgIpc) is 3.12. The maximum atomic E-state index is 11.3. The summed E-state index contributed by atoms with van der Waals surface area (Å²) in [4.78, 5) is 13.9. The third kappa shape index (κ3) is 3.68. The number of aliphatic carboxylic acids is 1. The van der Waals surface area contributed by atoms with E-state index in [1.54, 1.807) is 5.57 Å². The molecule has 2 N–H and O–H groups in total. The molecule has 3 saturated carbocycles. The molecule has 1 aliphatic heterocycles. The lowest BCUT2D eigenvalue weighted by Gasteiger charge is -2.58. The summed E-state index contributed by atoms with van der Waals surface area (Å²) < 4.78 is 0. The molecule has 0 bridgehead atoms. The predicted octanol–water partition coefficient (Wildman–Crippen LogP) is 5.36. The molecule has 0 spiro atoms. The number of carboxylic acid groups (broad SMARTS) is 1. The third-order valence-electron chi connectivity index (χ3n) is 11.3. The first-order chi connectivity index (χ1) is 15.2. The maximum Gasteiger partial charge on any atom is 0.306 e. The van der Waals surface area contributed by atoms with Crippen molar-refractivity contribution in [3.8, 4) is 0 Å². The van der Waals surface area contributed by atoms with Gasteiger partial charge < -0.3 is 15.1 Å². The van der Waals surface area contributed by atoms with E-state index in [4.69, 9.17) is 0 Å². The molecule has 1 saturated heterocycles. The average molecular weight is 444 g/mol. The number of allylic oxidation sites excluding steroid dienone is 1. The molecule has 4 heteroatoms. The van der Waals surface area contributed by atoms with Crippen LogP contribution in [-0.4, -0.2) is 46.8 Å². The first kappa shape index (κ1) is 22.9. The molecule has 1 heterocycles. The van der Waals surface area contributed by atoms with Crippen LogP contribution in [0.3, 0.4) is 0 Å². The second-order valence-electron chi connectivity index (χ2n) is 12.8. The van der Waals surface area contributed by atoms with Crippen molar-refractivity contribution in [2.45, 2.75) is 91.1 Å². The fourth-order valence-corrected chi connectivity index (χ4v) is 9.51. The zero-order chi connectivity index (χ0) is 22.7. The molecule has 0 amide bonds. The van der Waals surface area contributed by atoms with Gasteiger partial charge in [0.05, 0.1) is 12.0 Å². The van der Waals surface area contributed by atoms with Crippen LogP contribution in [0.5, 0.6) is 0 Å².